The van der Waals surface area contributed by atoms with Gasteiger partial charge in [0.25, 0.3) is 0 Å². The summed E-state index contributed by atoms with van der Waals surface area (Å²) in [5, 5.41) is 7.94. The first kappa shape index (κ1) is 16.0. The average Bonchev–Trinajstić information content (AvgIpc) is 3.19. The fourth-order valence-electron chi connectivity index (χ4n) is 2.63. The van der Waals surface area contributed by atoms with Crippen LogP contribution in [0.25, 0.3) is 27.9 Å². The summed E-state index contributed by atoms with van der Waals surface area (Å²) in [6.45, 7) is 1.99. The number of pyridine rings is 1. The van der Waals surface area contributed by atoms with Gasteiger partial charge in [-0.25, -0.2) is 14.4 Å². The van der Waals surface area contributed by atoms with Crippen LogP contribution in [-0.2, 0) is 4.74 Å². The lowest BCUT2D eigenvalue weighted by Gasteiger charge is -2.08. The smallest absolute Gasteiger partial charge is 0.341 e. The van der Waals surface area contributed by atoms with E-state index in [-0.39, 0.29) is 12.2 Å². The number of nitrogens with zero attached hydrogens (tertiary/aromatic N) is 4. The third kappa shape index (κ3) is 2.58. The van der Waals surface area contributed by atoms with Gasteiger partial charge in [0, 0.05) is 11.8 Å². The number of fused-ring (bicyclic) bond motifs is 2. The van der Waals surface area contributed by atoms with Crippen molar-refractivity contribution < 1.29 is 14.2 Å². The van der Waals surface area contributed by atoms with E-state index in [1.54, 1.807) is 29.7 Å². The van der Waals surface area contributed by atoms with Crippen molar-refractivity contribution in [1.29, 1.82) is 0 Å². The van der Waals surface area contributed by atoms with Gasteiger partial charge in [0.2, 0.25) is 0 Å². The molecule has 126 valence electrons. The van der Waals surface area contributed by atoms with Crippen LogP contribution in [0.4, 0.5) is 0 Å². The Morgan fingerprint density at radius 3 is 2.92 bits per heavy atom. The summed E-state index contributed by atoms with van der Waals surface area (Å²) < 4.78 is 12.1. The molecular formula is C16H10BrClN4O3. The molecule has 4 aromatic rings. The molecule has 0 radical (unpaired) electrons. The van der Waals surface area contributed by atoms with Crippen LogP contribution in [0, 0.1) is 0 Å². The second-order valence-corrected chi connectivity index (χ2v) is 6.33. The Hall–Kier alpha value is -2.45. The molecule has 0 bridgehead atoms. The molecule has 0 atom stereocenters. The zero-order chi connectivity index (χ0) is 17.6. The Kier molecular flexibility index (Phi) is 3.93. The normalized spacial score (nSPS) is 11.3. The number of benzene rings is 1. The van der Waals surface area contributed by atoms with Crippen LogP contribution in [0.5, 0.6) is 0 Å². The standard InChI is InChI=1S/C16H10BrClN4O3/c1-2-24-16(23)12-9(18)5-6-22-13(12)14(17)19-15(22)8-3-4-10-11(7-8)21-25-20-10/h3-7H,2H2,1H3. The van der Waals surface area contributed by atoms with Crippen LogP contribution in [0.3, 0.4) is 0 Å². The lowest BCUT2D eigenvalue weighted by molar-refractivity contribution is 0.0528. The molecule has 3 aromatic heterocycles. The van der Waals surface area contributed by atoms with Gasteiger partial charge in [-0.2, -0.15) is 0 Å². The minimum atomic E-state index is -0.499. The molecule has 0 aliphatic rings. The predicted octanol–water partition coefficient (Wildman–Crippen LogP) is 4.13. The lowest BCUT2D eigenvalue weighted by Crippen LogP contribution is -2.08. The van der Waals surface area contributed by atoms with E-state index in [1.165, 1.54) is 0 Å². The van der Waals surface area contributed by atoms with E-state index in [4.69, 9.17) is 21.0 Å². The third-order valence-electron chi connectivity index (χ3n) is 3.71. The first-order valence-electron chi connectivity index (χ1n) is 7.36. The molecule has 25 heavy (non-hydrogen) atoms. The number of carbonyl (C=O) groups excluding carboxylic acids is 1. The fourth-order valence-corrected chi connectivity index (χ4v) is 3.41. The summed E-state index contributed by atoms with van der Waals surface area (Å²) in [5.41, 5.74) is 2.87. The summed E-state index contributed by atoms with van der Waals surface area (Å²) in [4.78, 5) is 16.8. The highest BCUT2D eigenvalue weighted by molar-refractivity contribution is 9.10. The Balaban J connectivity index is 1.97. The Labute approximate surface area is 154 Å². The second kappa shape index (κ2) is 6.12. The summed E-state index contributed by atoms with van der Waals surface area (Å²) in [7, 11) is 0. The average molecular weight is 422 g/mol. The Morgan fingerprint density at radius 2 is 2.12 bits per heavy atom. The molecule has 0 aliphatic heterocycles. The molecule has 0 fully saturated rings. The highest BCUT2D eigenvalue weighted by atomic mass is 79.9. The van der Waals surface area contributed by atoms with Gasteiger partial charge in [0.1, 0.15) is 27.0 Å². The summed E-state index contributed by atoms with van der Waals surface area (Å²) in [5.74, 6) is 0.121. The molecule has 7 nitrogen and oxygen atoms in total. The van der Waals surface area contributed by atoms with Crippen LogP contribution >= 0.6 is 27.5 Å². The SMILES string of the molecule is CCOC(=O)c1c(Cl)ccn2c(-c3ccc4nonc4c3)nc(Br)c12. The quantitative estimate of drug-likeness (QED) is 0.463. The van der Waals surface area contributed by atoms with E-state index in [1.807, 2.05) is 12.1 Å². The Bertz CT molecular complexity index is 1120. The Morgan fingerprint density at radius 1 is 1.32 bits per heavy atom. The van der Waals surface area contributed by atoms with Crippen molar-refractivity contribution in [1.82, 2.24) is 19.7 Å². The van der Waals surface area contributed by atoms with Crippen LogP contribution in [-0.4, -0.2) is 32.3 Å². The zero-order valence-electron chi connectivity index (χ0n) is 12.9. The number of hydrogen-bond acceptors (Lipinski definition) is 6. The number of aromatic nitrogens is 4. The largest absolute Gasteiger partial charge is 0.462 e. The van der Waals surface area contributed by atoms with Crippen molar-refractivity contribution in [2.45, 2.75) is 6.92 Å². The van der Waals surface area contributed by atoms with E-state index in [2.05, 4.69) is 31.2 Å². The molecule has 0 amide bonds. The second-order valence-electron chi connectivity index (χ2n) is 5.17. The first-order chi connectivity index (χ1) is 12.1. The molecule has 9 heteroatoms. The van der Waals surface area contributed by atoms with E-state index in [0.717, 1.165) is 5.56 Å². The van der Waals surface area contributed by atoms with Crippen molar-refractivity contribution in [2.24, 2.45) is 0 Å². The molecule has 0 unspecified atom stereocenters. The van der Waals surface area contributed by atoms with Crippen molar-refractivity contribution in [3.63, 3.8) is 0 Å². The van der Waals surface area contributed by atoms with E-state index >= 15 is 0 Å². The lowest BCUT2D eigenvalue weighted by atomic mass is 10.2. The summed E-state index contributed by atoms with van der Waals surface area (Å²) in [6, 6.07) is 7.09. The van der Waals surface area contributed by atoms with Gasteiger partial charge in [0.05, 0.1) is 17.1 Å². The zero-order valence-corrected chi connectivity index (χ0v) is 15.2. The van der Waals surface area contributed by atoms with Crippen LogP contribution in [0.1, 0.15) is 17.3 Å². The topological polar surface area (TPSA) is 82.5 Å². The molecule has 0 saturated heterocycles. The van der Waals surface area contributed by atoms with Gasteiger partial charge in [-0.3, -0.25) is 4.40 Å². The minimum absolute atomic E-state index is 0.255. The van der Waals surface area contributed by atoms with Crippen LogP contribution in [0.2, 0.25) is 5.02 Å². The maximum atomic E-state index is 12.3. The van der Waals surface area contributed by atoms with E-state index < -0.39 is 5.97 Å². The van der Waals surface area contributed by atoms with Crippen LogP contribution in [0.15, 0.2) is 39.7 Å². The van der Waals surface area contributed by atoms with E-state index in [0.29, 0.717) is 32.0 Å². The molecule has 0 spiro atoms. The van der Waals surface area contributed by atoms with Gasteiger partial charge in [-0.1, -0.05) is 11.6 Å². The molecule has 1 aromatic carbocycles. The molecule has 0 saturated carbocycles. The first-order valence-corrected chi connectivity index (χ1v) is 8.53. The molecule has 0 aliphatic carbocycles. The predicted molar refractivity (Wildman–Crippen MR) is 94.7 cm³/mol. The highest BCUT2D eigenvalue weighted by Gasteiger charge is 2.22. The third-order valence-corrected chi connectivity index (χ3v) is 4.57. The number of imidazole rings is 1. The maximum Gasteiger partial charge on any atom is 0.341 e. The molecule has 0 N–H and O–H groups in total. The number of ether oxygens (including phenoxy) is 1. The summed E-state index contributed by atoms with van der Waals surface area (Å²) in [6.07, 6.45) is 1.75. The monoisotopic (exact) mass is 420 g/mol. The van der Waals surface area contributed by atoms with Gasteiger partial charge >= 0.3 is 5.97 Å². The van der Waals surface area contributed by atoms with Crippen molar-refractivity contribution in [2.75, 3.05) is 6.61 Å². The number of carbonyl (C=O) groups is 1. The number of esters is 1. The maximum absolute atomic E-state index is 12.3. The highest BCUT2D eigenvalue weighted by Crippen LogP contribution is 2.33. The van der Waals surface area contributed by atoms with Crippen molar-refractivity contribution in [3.8, 4) is 11.4 Å². The van der Waals surface area contributed by atoms with Crippen molar-refractivity contribution >= 4 is 50.1 Å². The molecular weight excluding hydrogens is 412 g/mol. The van der Waals surface area contributed by atoms with Crippen LogP contribution < -0.4 is 0 Å². The molecule has 4 rings (SSSR count). The summed E-state index contributed by atoms with van der Waals surface area (Å²) >= 11 is 9.65. The van der Waals surface area contributed by atoms with Gasteiger partial charge < -0.3 is 4.74 Å². The van der Waals surface area contributed by atoms with E-state index in [9.17, 15) is 4.79 Å². The number of hydrogen-bond donors (Lipinski definition) is 0. The number of halogens is 2. The number of rotatable bonds is 3. The fraction of sp³-hybridized carbons (Fsp3) is 0.125. The van der Waals surface area contributed by atoms with Crippen molar-refractivity contribution in [3.05, 3.63) is 45.7 Å². The van der Waals surface area contributed by atoms with Gasteiger partial charge in [0.15, 0.2) is 0 Å². The minimum Gasteiger partial charge on any atom is -0.462 e. The van der Waals surface area contributed by atoms with Gasteiger partial charge in [-0.05, 0) is 57.4 Å². The molecule has 3 heterocycles. The van der Waals surface area contributed by atoms with Gasteiger partial charge in [-0.15, -0.1) is 0 Å².